The molecule has 0 aliphatic carbocycles. The highest BCUT2D eigenvalue weighted by Gasteiger charge is 2.12. The molecule has 7 heteroatoms. The first-order chi connectivity index (χ1) is 13.4. The summed E-state index contributed by atoms with van der Waals surface area (Å²) in [5, 5.41) is 2.90. The van der Waals surface area contributed by atoms with Crippen molar-refractivity contribution in [1.29, 1.82) is 0 Å². The van der Waals surface area contributed by atoms with Crippen LogP contribution >= 0.6 is 11.6 Å². The molecule has 28 heavy (non-hydrogen) atoms. The summed E-state index contributed by atoms with van der Waals surface area (Å²) in [6, 6.07) is 10.9. The number of likely N-dealkylation sites (N-methyl/N-ethyl adjacent to an activating group) is 1. The van der Waals surface area contributed by atoms with E-state index in [9.17, 15) is 14.0 Å². The van der Waals surface area contributed by atoms with Crippen molar-refractivity contribution < 1.29 is 18.7 Å². The van der Waals surface area contributed by atoms with Crippen LogP contribution in [-0.4, -0.2) is 36.4 Å². The van der Waals surface area contributed by atoms with Crippen molar-refractivity contribution in [2.45, 2.75) is 13.8 Å². The number of hydrogen-bond donors (Lipinski definition) is 1. The Bertz CT molecular complexity index is 866. The van der Waals surface area contributed by atoms with E-state index in [0.717, 1.165) is 0 Å². The van der Waals surface area contributed by atoms with Gasteiger partial charge in [-0.3, -0.25) is 9.59 Å². The third kappa shape index (κ3) is 6.09. The van der Waals surface area contributed by atoms with Gasteiger partial charge in [0.25, 0.3) is 5.91 Å². The van der Waals surface area contributed by atoms with Gasteiger partial charge in [0.15, 0.2) is 6.61 Å². The van der Waals surface area contributed by atoms with E-state index in [-0.39, 0.29) is 17.5 Å². The van der Waals surface area contributed by atoms with Crippen LogP contribution in [0.15, 0.2) is 48.5 Å². The Morgan fingerprint density at radius 2 is 1.89 bits per heavy atom. The van der Waals surface area contributed by atoms with Crippen molar-refractivity contribution in [2.75, 3.05) is 25.0 Å². The smallest absolute Gasteiger partial charge is 0.260 e. The molecular weight excluding hydrogens is 383 g/mol. The number of nitrogens with zero attached hydrogens (tertiary/aromatic N) is 1. The van der Waals surface area contributed by atoms with E-state index in [0.29, 0.717) is 30.1 Å². The Morgan fingerprint density at radius 3 is 2.54 bits per heavy atom. The molecule has 0 aliphatic heterocycles. The number of benzene rings is 2. The molecule has 0 unspecified atom stereocenters. The maximum absolute atomic E-state index is 13.5. The zero-order chi connectivity index (χ0) is 20.5. The fraction of sp³-hybridized carbons (Fsp3) is 0.238. The summed E-state index contributed by atoms with van der Waals surface area (Å²) in [7, 11) is 0. The minimum absolute atomic E-state index is 0.113. The largest absolute Gasteiger partial charge is 0.482 e. The molecular formula is C21H22ClFN2O3. The van der Waals surface area contributed by atoms with E-state index in [4.69, 9.17) is 16.3 Å². The van der Waals surface area contributed by atoms with Gasteiger partial charge in [-0.15, -0.1) is 0 Å². The Balaban J connectivity index is 1.95. The van der Waals surface area contributed by atoms with Gasteiger partial charge in [0.1, 0.15) is 11.6 Å². The standard InChI is InChI=1S/C21H22ClFN2O3/c1-3-25(4-2)21(27)14-28-19-11-10-16(13-17(19)22)24-20(26)12-9-15-7-5-6-8-18(15)23/h5-13H,3-4,14H2,1-2H3,(H,24,26)/b12-9+. The quantitative estimate of drug-likeness (QED) is 0.664. The summed E-state index contributed by atoms with van der Waals surface area (Å²) in [6.07, 6.45) is 2.63. The third-order valence-corrected chi connectivity index (χ3v) is 4.28. The van der Waals surface area contributed by atoms with E-state index in [1.54, 1.807) is 35.2 Å². The lowest BCUT2D eigenvalue weighted by molar-refractivity contribution is -0.133. The lowest BCUT2D eigenvalue weighted by Gasteiger charge is -2.19. The fourth-order valence-electron chi connectivity index (χ4n) is 2.46. The van der Waals surface area contributed by atoms with Crippen LogP contribution in [0.4, 0.5) is 10.1 Å². The highest BCUT2D eigenvalue weighted by atomic mass is 35.5. The van der Waals surface area contributed by atoms with Crippen molar-refractivity contribution in [1.82, 2.24) is 4.90 Å². The summed E-state index contributed by atoms with van der Waals surface area (Å²) in [4.78, 5) is 25.6. The van der Waals surface area contributed by atoms with E-state index in [1.165, 1.54) is 24.3 Å². The monoisotopic (exact) mass is 404 g/mol. The molecule has 0 fully saturated rings. The Labute approximate surface area is 168 Å². The van der Waals surface area contributed by atoms with Gasteiger partial charge in [-0.1, -0.05) is 29.8 Å². The second kappa shape index (κ2) is 10.5. The van der Waals surface area contributed by atoms with Crippen molar-refractivity contribution >= 4 is 35.2 Å². The van der Waals surface area contributed by atoms with Gasteiger partial charge in [0.2, 0.25) is 5.91 Å². The number of ether oxygens (including phenoxy) is 1. The molecule has 148 valence electrons. The summed E-state index contributed by atoms with van der Waals surface area (Å²) in [5.41, 5.74) is 0.771. The first-order valence-electron chi connectivity index (χ1n) is 8.88. The average Bonchev–Trinajstić information content (AvgIpc) is 2.67. The van der Waals surface area contributed by atoms with Crippen LogP contribution in [0.25, 0.3) is 6.08 Å². The number of halogens is 2. The molecule has 0 radical (unpaired) electrons. The van der Waals surface area contributed by atoms with Crippen LogP contribution in [0.2, 0.25) is 5.02 Å². The number of nitrogens with one attached hydrogen (secondary N) is 1. The normalized spacial score (nSPS) is 10.7. The first-order valence-corrected chi connectivity index (χ1v) is 9.26. The maximum atomic E-state index is 13.5. The van der Waals surface area contributed by atoms with Crippen LogP contribution in [0, 0.1) is 5.82 Å². The van der Waals surface area contributed by atoms with Gasteiger partial charge in [0, 0.05) is 30.4 Å². The molecule has 0 heterocycles. The molecule has 0 saturated heterocycles. The number of carbonyl (C=O) groups is 2. The Morgan fingerprint density at radius 1 is 1.18 bits per heavy atom. The molecule has 5 nitrogen and oxygen atoms in total. The molecule has 2 amide bonds. The molecule has 0 atom stereocenters. The summed E-state index contributed by atoms with van der Waals surface area (Å²) < 4.78 is 19.0. The van der Waals surface area contributed by atoms with Gasteiger partial charge >= 0.3 is 0 Å². The molecule has 0 saturated carbocycles. The van der Waals surface area contributed by atoms with E-state index >= 15 is 0 Å². The van der Waals surface area contributed by atoms with Gasteiger partial charge in [-0.2, -0.15) is 0 Å². The molecule has 0 spiro atoms. The van der Waals surface area contributed by atoms with Crippen LogP contribution < -0.4 is 10.1 Å². The third-order valence-electron chi connectivity index (χ3n) is 3.99. The Kier molecular flexibility index (Phi) is 8.02. The SMILES string of the molecule is CCN(CC)C(=O)COc1ccc(NC(=O)/C=C/c2ccccc2F)cc1Cl. The molecule has 1 N–H and O–H groups in total. The summed E-state index contributed by atoms with van der Waals surface area (Å²) >= 11 is 6.17. The van der Waals surface area contributed by atoms with E-state index in [2.05, 4.69) is 5.32 Å². The van der Waals surface area contributed by atoms with Gasteiger partial charge in [-0.25, -0.2) is 4.39 Å². The number of hydrogen-bond acceptors (Lipinski definition) is 3. The number of rotatable bonds is 8. The second-order valence-corrected chi connectivity index (χ2v) is 6.25. The maximum Gasteiger partial charge on any atom is 0.260 e. The van der Waals surface area contributed by atoms with Crippen molar-refractivity contribution in [3.63, 3.8) is 0 Å². The highest BCUT2D eigenvalue weighted by Crippen LogP contribution is 2.27. The molecule has 0 aromatic heterocycles. The second-order valence-electron chi connectivity index (χ2n) is 5.84. The molecule has 2 rings (SSSR count). The predicted molar refractivity (Wildman–Crippen MR) is 109 cm³/mol. The predicted octanol–water partition coefficient (Wildman–Crippen LogP) is 4.38. The average molecular weight is 405 g/mol. The summed E-state index contributed by atoms with van der Waals surface area (Å²) in [6.45, 7) is 4.90. The van der Waals surface area contributed by atoms with Gasteiger partial charge < -0.3 is 15.0 Å². The number of carbonyl (C=O) groups excluding carboxylic acids is 2. The van der Waals surface area contributed by atoms with Crippen LogP contribution in [0.1, 0.15) is 19.4 Å². The van der Waals surface area contributed by atoms with Crippen LogP contribution in [0.5, 0.6) is 5.75 Å². The number of amides is 2. The zero-order valence-electron chi connectivity index (χ0n) is 15.7. The number of anilines is 1. The van der Waals surface area contributed by atoms with Gasteiger partial charge in [0.05, 0.1) is 5.02 Å². The van der Waals surface area contributed by atoms with Crippen molar-refractivity contribution in [3.8, 4) is 5.75 Å². The highest BCUT2D eigenvalue weighted by molar-refractivity contribution is 6.32. The Hall–Kier alpha value is -2.86. The van der Waals surface area contributed by atoms with Crippen molar-refractivity contribution in [2.24, 2.45) is 0 Å². The molecule has 0 bridgehead atoms. The first kappa shape index (κ1) is 21.4. The lowest BCUT2D eigenvalue weighted by Crippen LogP contribution is -2.34. The topological polar surface area (TPSA) is 58.6 Å². The minimum Gasteiger partial charge on any atom is -0.482 e. The van der Waals surface area contributed by atoms with E-state index in [1.807, 2.05) is 13.8 Å². The zero-order valence-corrected chi connectivity index (χ0v) is 16.5. The van der Waals surface area contributed by atoms with Crippen LogP contribution in [-0.2, 0) is 9.59 Å². The summed E-state index contributed by atoms with van der Waals surface area (Å²) in [5.74, 6) is -0.612. The molecule has 2 aromatic rings. The minimum atomic E-state index is -0.426. The van der Waals surface area contributed by atoms with Crippen molar-refractivity contribution in [3.05, 3.63) is 64.9 Å². The van der Waals surface area contributed by atoms with E-state index < -0.39 is 11.7 Å². The van der Waals surface area contributed by atoms with Gasteiger partial charge in [-0.05, 0) is 44.2 Å². The molecule has 2 aromatic carbocycles. The molecule has 0 aliphatic rings. The lowest BCUT2D eigenvalue weighted by atomic mass is 10.2. The van der Waals surface area contributed by atoms with Crippen LogP contribution in [0.3, 0.4) is 0 Å². The fourth-order valence-corrected chi connectivity index (χ4v) is 2.70.